The number of nitrogens with zero attached hydrogens (tertiary/aromatic N) is 1. The van der Waals surface area contributed by atoms with Crippen molar-refractivity contribution in [1.82, 2.24) is 4.98 Å². The number of H-pyrrole nitrogens is 1. The van der Waals surface area contributed by atoms with E-state index in [0.29, 0.717) is 19.0 Å². The molecule has 0 aliphatic rings. The number of aryl methyl sites for hydroxylation is 1. The minimum Gasteiger partial charge on any atom is -0.336 e. The molecule has 5 heteroatoms. The first-order valence-corrected chi connectivity index (χ1v) is 6.49. The van der Waals surface area contributed by atoms with Crippen molar-refractivity contribution in [3.63, 3.8) is 0 Å². The Balaban J connectivity index is 2.75. The fraction of sp³-hybridized carbons (Fsp3) is 0.0833. The van der Waals surface area contributed by atoms with Gasteiger partial charge >= 0.3 is 0 Å². The van der Waals surface area contributed by atoms with Gasteiger partial charge in [0, 0.05) is 0 Å². The third-order valence-electron chi connectivity index (χ3n) is 2.32. The Morgan fingerprint density at radius 3 is 2.47 bits per heavy atom. The molecule has 0 saturated heterocycles. The lowest BCUT2D eigenvalue weighted by Gasteiger charge is -2.04. The minimum atomic E-state index is 0.488. The second kappa shape index (κ2) is 4.88. The SMILES string of the molecule is Cc1ccc(-c2[nH]c(=S)sc(=S)c2C#N)cc1. The number of nitrogens with one attached hydrogen (secondary N) is 1. The summed E-state index contributed by atoms with van der Waals surface area (Å²) in [7, 11) is 0. The Labute approximate surface area is 113 Å². The highest BCUT2D eigenvalue weighted by Gasteiger charge is 2.07. The van der Waals surface area contributed by atoms with E-state index in [4.69, 9.17) is 29.7 Å². The zero-order valence-electron chi connectivity index (χ0n) is 8.98. The van der Waals surface area contributed by atoms with E-state index < -0.39 is 0 Å². The summed E-state index contributed by atoms with van der Waals surface area (Å²) in [6, 6.07) is 10.0. The van der Waals surface area contributed by atoms with Crippen molar-refractivity contribution in [2.75, 3.05) is 0 Å². The van der Waals surface area contributed by atoms with Crippen molar-refractivity contribution in [1.29, 1.82) is 5.26 Å². The lowest BCUT2D eigenvalue weighted by molar-refractivity contribution is 1.32. The summed E-state index contributed by atoms with van der Waals surface area (Å²) in [4.78, 5) is 3.05. The molecule has 1 aromatic carbocycles. The molecule has 84 valence electrons. The highest BCUT2D eigenvalue weighted by molar-refractivity contribution is 7.75. The van der Waals surface area contributed by atoms with E-state index in [1.807, 2.05) is 31.2 Å². The van der Waals surface area contributed by atoms with E-state index in [2.05, 4.69) is 11.1 Å². The van der Waals surface area contributed by atoms with Gasteiger partial charge in [0.05, 0.1) is 5.69 Å². The van der Waals surface area contributed by atoms with Crippen LogP contribution in [0.1, 0.15) is 11.1 Å². The Bertz CT molecular complexity index is 702. The minimum absolute atomic E-state index is 0.488. The van der Waals surface area contributed by atoms with Crippen LogP contribution in [-0.4, -0.2) is 4.98 Å². The third-order valence-corrected chi connectivity index (χ3v) is 3.80. The number of hydrogen-bond donors (Lipinski definition) is 1. The Hall–Kier alpha value is -1.35. The molecule has 0 aliphatic heterocycles. The molecule has 0 fully saturated rings. The molecule has 0 spiro atoms. The highest BCUT2D eigenvalue weighted by Crippen LogP contribution is 2.24. The van der Waals surface area contributed by atoms with Gasteiger partial charge in [-0.25, -0.2) is 0 Å². The Kier molecular flexibility index (Phi) is 3.48. The van der Waals surface area contributed by atoms with Gasteiger partial charge in [0.25, 0.3) is 0 Å². The van der Waals surface area contributed by atoms with Crippen molar-refractivity contribution < 1.29 is 0 Å². The number of aromatic amines is 1. The summed E-state index contributed by atoms with van der Waals surface area (Å²) in [5.41, 5.74) is 3.30. The van der Waals surface area contributed by atoms with Gasteiger partial charge in [0.15, 0.2) is 3.95 Å². The van der Waals surface area contributed by atoms with Gasteiger partial charge in [0.1, 0.15) is 15.5 Å². The summed E-state index contributed by atoms with van der Waals surface area (Å²) in [6.07, 6.45) is 0. The van der Waals surface area contributed by atoms with Crippen LogP contribution < -0.4 is 0 Å². The van der Waals surface area contributed by atoms with Crippen molar-refractivity contribution in [2.45, 2.75) is 6.92 Å². The van der Waals surface area contributed by atoms with Crippen LogP contribution in [0.5, 0.6) is 0 Å². The van der Waals surface area contributed by atoms with E-state index in [0.717, 1.165) is 5.56 Å². The van der Waals surface area contributed by atoms with Crippen LogP contribution in [0.15, 0.2) is 24.3 Å². The van der Waals surface area contributed by atoms with Gasteiger partial charge in [-0.3, -0.25) is 0 Å². The molecule has 17 heavy (non-hydrogen) atoms. The molecule has 2 rings (SSSR count). The molecule has 0 aliphatic carbocycles. The fourth-order valence-electron chi connectivity index (χ4n) is 1.47. The van der Waals surface area contributed by atoms with Gasteiger partial charge in [0.2, 0.25) is 0 Å². The summed E-state index contributed by atoms with van der Waals surface area (Å²) in [5, 5.41) is 9.14. The molecule has 1 heterocycles. The van der Waals surface area contributed by atoms with Crippen LogP contribution in [0.3, 0.4) is 0 Å². The van der Waals surface area contributed by atoms with Crippen LogP contribution in [0.4, 0.5) is 0 Å². The molecule has 0 amide bonds. The molecular formula is C12H8N2S3. The first-order valence-electron chi connectivity index (χ1n) is 4.86. The highest BCUT2D eigenvalue weighted by atomic mass is 32.2. The van der Waals surface area contributed by atoms with Crippen LogP contribution in [0.25, 0.3) is 11.3 Å². The number of benzene rings is 1. The second-order valence-electron chi connectivity index (χ2n) is 3.53. The summed E-state index contributed by atoms with van der Waals surface area (Å²) < 4.78 is 1.12. The Morgan fingerprint density at radius 2 is 1.88 bits per heavy atom. The first-order chi connectivity index (χ1) is 8.11. The molecule has 2 aromatic rings. The van der Waals surface area contributed by atoms with Gasteiger partial charge in [-0.2, -0.15) is 5.26 Å². The van der Waals surface area contributed by atoms with Crippen molar-refractivity contribution in [3.05, 3.63) is 43.2 Å². The maximum absolute atomic E-state index is 9.14. The number of aromatic nitrogens is 1. The summed E-state index contributed by atoms with van der Waals surface area (Å²) in [6.45, 7) is 2.02. The van der Waals surface area contributed by atoms with Gasteiger partial charge in [-0.1, -0.05) is 53.4 Å². The van der Waals surface area contributed by atoms with Crippen LogP contribution in [-0.2, 0) is 0 Å². The molecule has 1 N–H and O–H groups in total. The second-order valence-corrected chi connectivity index (χ2v) is 5.88. The molecular weight excluding hydrogens is 268 g/mol. The summed E-state index contributed by atoms with van der Waals surface area (Å²) >= 11 is 11.5. The molecule has 0 unspecified atom stereocenters. The van der Waals surface area contributed by atoms with E-state index in [9.17, 15) is 0 Å². The predicted octanol–water partition coefficient (Wildman–Crippen LogP) is 4.38. The molecule has 0 atom stereocenters. The normalized spacial score (nSPS) is 9.88. The topological polar surface area (TPSA) is 39.6 Å². The monoisotopic (exact) mass is 276 g/mol. The van der Waals surface area contributed by atoms with Crippen LogP contribution in [0, 0.1) is 26.0 Å². The molecule has 1 aromatic heterocycles. The number of hydrogen-bond acceptors (Lipinski definition) is 4. The quantitative estimate of drug-likeness (QED) is 0.786. The maximum Gasteiger partial charge on any atom is 0.160 e. The lowest BCUT2D eigenvalue weighted by Crippen LogP contribution is -1.89. The maximum atomic E-state index is 9.14. The number of rotatable bonds is 1. The molecule has 0 saturated carbocycles. The van der Waals surface area contributed by atoms with Crippen LogP contribution >= 0.6 is 35.8 Å². The molecule has 2 nitrogen and oxygen atoms in total. The van der Waals surface area contributed by atoms with E-state index in [-0.39, 0.29) is 0 Å². The summed E-state index contributed by atoms with van der Waals surface area (Å²) in [5.74, 6) is 0. The molecule has 0 radical (unpaired) electrons. The zero-order valence-corrected chi connectivity index (χ0v) is 11.4. The van der Waals surface area contributed by atoms with E-state index in [1.165, 1.54) is 16.9 Å². The van der Waals surface area contributed by atoms with Gasteiger partial charge < -0.3 is 4.98 Å². The van der Waals surface area contributed by atoms with Gasteiger partial charge in [-0.05, 0) is 24.7 Å². The third kappa shape index (κ3) is 2.50. The fourth-order valence-corrected chi connectivity index (χ4v) is 2.94. The van der Waals surface area contributed by atoms with Crippen molar-refractivity contribution in [3.8, 4) is 17.3 Å². The van der Waals surface area contributed by atoms with Gasteiger partial charge in [-0.15, -0.1) is 0 Å². The molecule has 0 bridgehead atoms. The van der Waals surface area contributed by atoms with E-state index >= 15 is 0 Å². The smallest absolute Gasteiger partial charge is 0.160 e. The lowest BCUT2D eigenvalue weighted by atomic mass is 10.1. The van der Waals surface area contributed by atoms with Crippen molar-refractivity contribution in [2.24, 2.45) is 0 Å². The first kappa shape index (κ1) is 12.1. The largest absolute Gasteiger partial charge is 0.336 e. The average molecular weight is 276 g/mol. The standard InChI is InChI=1S/C12H8N2S3/c1-7-2-4-8(5-3-7)10-9(6-13)11(15)17-12(16)14-10/h2-5H,1H3,(H,14,16). The van der Waals surface area contributed by atoms with E-state index in [1.54, 1.807) is 0 Å². The van der Waals surface area contributed by atoms with Crippen molar-refractivity contribution >= 4 is 35.8 Å². The van der Waals surface area contributed by atoms with Crippen LogP contribution in [0.2, 0.25) is 0 Å². The Morgan fingerprint density at radius 1 is 1.24 bits per heavy atom. The predicted molar refractivity (Wildman–Crippen MR) is 75.2 cm³/mol. The zero-order chi connectivity index (χ0) is 12.4. The average Bonchev–Trinajstić information content (AvgIpc) is 2.29. The number of nitriles is 1.